The van der Waals surface area contributed by atoms with Gasteiger partial charge in [0.15, 0.2) is 17.3 Å². The minimum atomic E-state index is -0.388. The normalized spacial score (nSPS) is 13.2. The van der Waals surface area contributed by atoms with Crippen molar-refractivity contribution in [1.29, 1.82) is 0 Å². The molecule has 270 valence electrons. The van der Waals surface area contributed by atoms with Crippen molar-refractivity contribution in [3.8, 4) is 45.5 Å². The van der Waals surface area contributed by atoms with Gasteiger partial charge in [-0.05, 0) is 72.2 Å². The van der Waals surface area contributed by atoms with Crippen molar-refractivity contribution in [1.82, 2.24) is 15.0 Å². The van der Waals surface area contributed by atoms with Crippen molar-refractivity contribution in [2.45, 2.75) is 19.8 Å². The van der Waals surface area contributed by atoms with E-state index in [4.69, 9.17) is 33.9 Å². The summed E-state index contributed by atoms with van der Waals surface area (Å²) < 4.78 is 22.7. The molecular formula is C44H39N5O5. The van der Waals surface area contributed by atoms with Crippen LogP contribution >= 0.6 is 0 Å². The van der Waals surface area contributed by atoms with Gasteiger partial charge >= 0.3 is 0 Å². The predicted octanol–water partition coefficient (Wildman–Crippen LogP) is 8.25. The van der Waals surface area contributed by atoms with Gasteiger partial charge < -0.3 is 18.9 Å². The SMILES string of the molecule is CCc1ccc(CCOc2ccc(-c3cc(-c4ccccc4)nc(N4C(=O)/C(=C\c5cc(OC)c(OC)c(OC)c5)N=C4c4ccccc4)n3)cc2)nc1. The molecule has 6 aromatic rings. The minimum Gasteiger partial charge on any atom is -0.493 e. The van der Waals surface area contributed by atoms with Crippen LogP contribution in [0.2, 0.25) is 0 Å². The highest BCUT2D eigenvalue weighted by Gasteiger charge is 2.35. The van der Waals surface area contributed by atoms with Crippen LogP contribution in [0.4, 0.5) is 5.95 Å². The largest absolute Gasteiger partial charge is 0.493 e. The quantitative estimate of drug-likeness (QED) is 0.110. The number of aryl methyl sites for hydroxylation is 1. The van der Waals surface area contributed by atoms with E-state index in [1.165, 1.54) is 10.5 Å². The molecule has 1 amide bonds. The summed E-state index contributed by atoms with van der Waals surface area (Å²) in [5, 5.41) is 0. The molecule has 7 rings (SSSR count). The number of pyridine rings is 1. The third-order valence-corrected chi connectivity index (χ3v) is 8.94. The van der Waals surface area contributed by atoms with Crippen molar-refractivity contribution in [3.63, 3.8) is 0 Å². The highest BCUT2D eigenvalue weighted by Crippen LogP contribution is 2.39. The maximum absolute atomic E-state index is 14.5. The smallest absolute Gasteiger partial charge is 0.285 e. The fourth-order valence-corrected chi connectivity index (χ4v) is 6.07. The topological polar surface area (TPSA) is 108 Å². The van der Waals surface area contributed by atoms with E-state index in [0.29, 0.717) is 53.1 Å². The molecule has 0 saturated carbocycles. The Morgan fingerprint density at radius 1 is 0.704 bits per heavy atom. The Kier molecular flexibility index (Phi) is 10.7. The molecule has 0 atom stereocenters. The third-order valence-electron chi connectivity index (χ3n) is 8.94. The number of ether oxygens (including phenoxy) is 4. The average Bonchev–Trinajstić information content (AvgIpc) is 3.56. The summed E-state index contributed by atoms with van der Waals surface area (Å²) in [5.74, 6) is 2.29. The minimum absolute atomic E-state index is 0.189. The zero-order chi connectivity index (χ0) is 37.4. The summed E-state index contributed by atoms with van der Waals surface area (Å²) in [4.78, 5) is 35.3. The Bertz CT molecular complexity index is 2280. The maximum atomic E-state index is 14.5. The summed E-state index contributed by atoms with van der Waals surface area (Å²) in [6.07, 6.45) is 5.27. The summed E-state index contributed by atoms with van der Waals surface area (Å²) >= 11 is 0. The summed E-state index contributed by atoms with van der Waals surface area (Å²) in [5.41, 5.74) is 6.75. The molecule has 0 aliphatic carbocycles. The Hall–Kier alpha value is -6.81. The van der Waals surface area contributed by atoms with Crippen LogP contribution in [0.5, 0.6) is 23.0 Å². The molecule has 0 spiro atoms. The van der Waals surface area contributed by atoms with Crippen LogP contribution in [-0.4, -0.2) is 54.6 Å². The molecule has 1 aliphatic heterocycles. The number of carbonyl (C=O) groups is 1. The van der Waals surface area contributed by atoms with Crippen molar-refractivity contribution >= 4 is 23.8 Å². The number of anilines is 1. The highest BCUT2D eigenvalue weighted by atomic mass is 16.5. The molecule has 10 heteroatoms. The van der Waals surface area contributed by atoms with E-state index < -0.39 is 0 Å². The molecule has 0 bridgehead atoms. The Labute approximate surface area is 314 Å². The zero-order valence-electron chi connectivity index (χ0n) is 30.5. The van der Waals surface area contributed by atoms with E-state index >= 15 is 0 Å². The van der Waals surface area contributed by atoms with E-state index in [0.717, 1.165) is 34.6 Å². The van der Waals surface area contributed by atoms with E-state index in [1.54, 1.807) is 39.5 Å². The van der Waals surface area contributed by atoms with Gasteiger partial charge in [0.05, 0.1) is 39.3 Å². The molecule has 0 N–H and O–H groups in total. The van der Waals surface area contributed by atoms with Gasteiger partial charge in [-0.25, -0.2) is 19.9 Å². The van der Waals surface area contributed by atoms with Gasteiger partial charge in [0, 0.05) is 35.0 Å². The van der Waals surface area contributed by atoms with E-state index in [2.05, 4.69) is 18.0 Å². The molecular weight excluding hydrogens is 679 g/mol. The van der Waals surface area contributed by atoms with Crippen LogP contribution in [0.25, 0.3) is 28.6 Å². The monoisotopic (exact) mass is 717 g/mol. The number of rotatable bonds is 13. The molecule has 0 radical (unpaired) electrons. The van der Waals surface area contributed by atoms with Crippen LogP contribution in [0.15, 0.2) is 132 Å². The molecule has 4 aromatic carbocycles. The number of carbonyl (C=O) groups excluding carboxylic acids is 1. The number of methoxy groups -OCH3 is 3. The van der Waals surface area contributed by atoms with Crippen LogP contribution < -0.4 is 23.8 Å². The lowest BCUT2D eigenvalue weighted by Gasteiger charge is -2.18. The first-order chi connectivity index (χ1) is 26.5. The number of hydrogen-bond acceptors (Lipinski definition) is 9. The summed E-state index contributed by atoms with van der Waals surface area (Å²) in [6, 6.07) is 36.7. The van der Waals surface area contributed by atoms with Crippen molar-refractivity contribution in [3.05, 3.63) is 150 Å². The lowest BCUT2D eigenvalue weighted by atomic mass is 10.1. The second kappa shape index (κ2) is 16.2. The number of amidine groups is 1. The van der Waals surface area contributed by atoms with Gasteiger partial charge in [-0.2, -0.15) is 0 Å². The number of nitrogens with zero attached hydrogens (tertiary/aromatic N) is 5. The van der Waals surface area contributed by atoms with Crippen molar-refractivity contribution in [2.24, 2.45) is 4.99 Å². The first-order valence-corrected chi connectivity index (χ1v) is 17.6. The number of amides is 1. The molecule has 3 heterocycles. The van der Waals surface area contributed by atoms with E-state index in [1.807, 2.05) is 103 Å². The Morgan fingerprint density at radius 2 is 1.33 bits per heavy atom. The fourth-order valence-electron chi connectivity index (χ4n) is 6.07. The van der Waals surface area contributed by atoms with Gasteiger partial charge in [-0.15, -0.1) is 0 Å². The second-order valence-corrected chi connectivity index (χ2v) is 12.4. The van der Waals surface area contributed by atoms with Gasteiger partial charge in [-0.1, -0.05) is 73.7 Å². The average molecular weight is 718 g/mol. The molecule has 10 nitrogen and oxygen atoms in total. The fraction of sp³-hybridized carbons (Fsp3) is 0.159. The lowest BCUT2D eigenvalue weighted by Crippen LogP contribution is -2.34. The Balaban J connectivity index is 1.25. The molecule has 0 fully saturated rings. The summed E-state index contributed by atoms with van der Waals surface area (Å²) in [7, 11) is 4.63. The van der Waals surface area contributed by atoms with Crippen LogP contribution in [0, 0.1) is 0 Å². The van der Waals surface area contributed by atoms with Crippen LogP contribution in [-0.2, 0) is 17.6 Å². The first kappa shape index (κ1) is 35.6. The number of aliphatic imine (C=N–C) groups is 1. The van der Waals surface area contributed by atoms with Gasteiger partial charge in [0.25, 0.3) is 5.91 Å². The molecule has 2 aromatic heterocycles. The van der Waals surface area contributed by atoms with Gasteiger partial charge in [-0.3, -0.25) is 9.78 Å². The Morgan fingerprint density at radius 3 is 1.91 bits per heavy atom. The first-order valence-electron chi connectivity index (χ1n) is 17.6. The van der Waals surface area contributed by atoms with Gasteiger partial charge in [0.2, 0.25) is 11.7 Å². The van der Waals surface area contributed by atoms with Crippen molar-refractivity contribution < 1.29 is 23.7 Å². The molecule has 0 saturated heterocycles. The lowest BCUT2D eigenvalue weighted by molar-refractivity contribution is -0.113. The second-order valence-electron chi connectivity index (χ2n) is 12.4. The predicted molar refractivity (Wildman–Crippen MR) is 210 cm³/mol. The summed E-state index contributed by atoms with van der Waals surface area (Å²) in [6.45, 7) is 2.61. The van der Waals surface area contributed by atoms with Crippen molar-refractivity contribution in [2.75, 3.05) is 32.8 Å². The molecule has 54 heavy (non-hydrogen) atoms. The van der Waals surface area contributed by atoms with Crippen LogP contribution in [0.3, 0.4) is 0 Å². The molecule has 1 aliphatic rings. The van der Waals surface area contributed by atoms with E-state index in [9.17, 15) is 4.79 Å². The molecule has 0 unspecified atom stereocenters. The number of benzene rings is 4. The number of aromatic nitrogens is 3. The van der Waals surface area contributed by atoms with Gasteiger partial charge in [0.1, 0.15) is 11.4 Å². The zero-order valence-corrected chi connectivity index (χ0v) is 30.5. The number of hydrogen-bond donors (Lipinski definition) is 0. The van der Waals surface area contributed by atoms with Crippen LogP contribution in [0.1, 0.15) is 29.3 Å². The standard InChI is InChI=1S/C44H39N5O5/c1-5-29-16-19-34(45-28-29)22-23-54-35-20-17-32(18-21-35)37-27-36(31-12-8-6-9-13-31)47-44(48-37)49-42(33-14-10-7-11-15-33)46-38(43(49)50)24-30-25-39(51-2)41(53-4)40(26-30)52-3/h6-21,24-28H,5,22-23H2,1-4H3/b38-24+. The highest BCUT2D eigenvalue weighted by molar-refractivity contribution is 6.32. The van der Waals surface area contributed by atoms with E-state index in [-0.39, 0.29) is 17.6 Å². The maximum Gasteiger partial charge on any atom is 0.285 e. The third kappa shape index (κ3) is 7.68.